The number of aldehydes is 1. The van der Waals surface area contributed by atoms with Crippen LogP contribution in [0.15, 0.2) is 23.4 Å². The molecule has 2 aliphatic rings. The number of ether oxygens (including phenoxy) is 1. The molecule has 1 heterocycles. The lowest BCUT2D eigenvalue weighted by Crippen LogP contribution is -2.35. The fraction of sp³-hybridized carbons (Fsp3) is 0.545. The zero-order chi connectivity index (χ0) is 9.80. The molecule has 1 aliphatic heterocycles. The summed E-state index contributed by atoms with van der Waals surface area (Å²) < 4.78 is 5.29. The maximum atomic E-state index is 10.5. The molecule has 0 unspecified atom stereocenters. The fourth-order valence-electron chi connectivity index (χ4n) is 1.85. The van der Waals surface area contributed by atoms with E-state index in [0.717, 1.165) is 51.0 Å². The molecule has 0 saturated carbocycles. The van der Waals surface area contributed by atoms with Crippen molar-refractivity contribution >= 4 is 6.29 Å². The van der Waals surface area contributed by atoms with E-state index in [2.05, 4.69) is 11.0 Å². The summed E-state index contributed by atoms with van der Waals surface area (Å²) in [6.07, 6.45) is 6.82. The quantitative estimate of drug-likeness (QED) is 0.615. The van der Waals surface area contributed by atoms with E-state index in [4.69, 9.17) is 4.74 Å². The van der Waals surface area contributed by atoms with Crippen molar-refractivity contribution in [1.29, 1.82) is 0 Å². The van der Waals surface area contributed by atoms with Crippen LogP contribution in [0.1, 0.15) is 12.8 Å². The summed E-state index contributed by atoms with van der Waals surface area (Å²) in [7, 11) is 0. The molecule has 0 spiro atoms. The Morgan fingerprint density at radius 2 is 2.00 bits per heavy atom. The molecule has 0 aromatic heterocycles. The normalized spacial score (nSPS) is 22.7. The van der Waals surface area contributed by atoms with E-state index in [1.165, 1.54) is 5.70 Å². The lowest BCUT2D eigenvalue weighted by molar-refractivity contribution is -0.105. The zero-order valence-electron chi connectivity index (χ0n) is 8.24. The van der Waals surface area contributed by atoms with Gasteiger partial charge in [0.25, 0.3) is 0 Å². The van der Waals surface area contributed by atoms with E-state index in [1.54, 1.807) is 0 Å². The number of hydrogen-bond acceptors (Lipinski definition) is 3. The molecule has 14 heavy (non-hydrogen) atoms. The molecule has 0 radical (unpaired) electrons. The predicted molar refractivity (Wildman–Crippen MR) is 53.9 cm³/mol. The highest BCUT2D eigenvalue weighted by atomic mass is 16.5. The minimum atomic E-state index is 0.821. The van der Waals surface area contributed by atoms with Crippen LogP contribution in [0.4, 0.5) is 0 Å². The summed E-state index contributed by atoms with van der Waals surface area (Å²) in [5.74, 6) is 0. The van der Waals surface area contributed by atoms with Gasteiger partial charge in [0, 0.05) is 18.8 Å². The van der Waals surface area contributed by atoms with E-state index in [0.29, 0.717) is 0 Å². The number of carbonyl (C=O) groups is 1. The average molecular weight is 193 g/mol. The predicted octanol–water partition coefficient (Wildman–Crippen LogP) is 1.12. The zero-order valence-corrected chi connectivity index (χ0v) is 8.24. The van der Waals surface area contributed by atoms with Gasteiger partial charge in [0.1, 0.15) is 6.29 Å². The minimum Gasteiger partial charge on any atom is -0.378 e. The van der Waals surface area contributed by atoms with Gasteiger partial charge in [-0.1, -0.05) is 6.08 Å². The van der Waals surface area contributed by atoms with Crippen LogP contribution in [-0.4, -0.2) is 37.5 Å². The number of allylic oxidation sites excluding steroid dienone is 4. The standard InChI is InChI=1S/C11H15NO2/c13-9-10-1-3-11(4-2-10)12-5-7-14-8-6-12/h1,3,9H,2,4-8H2. The van der Waals surface area contributed by atoms with Crippen molar-refractivity contribution in [3.05, 3.63) is 23.4 Å². The summed E-state index contributed by atoms with van der Waals surface area (Å²) in [5.41, 5.74) is 2.25. The highest BCUT2D eigenvalue weighted by molar-refractivity contribution is 5.74. The van der Waals surface area contributed by atoms with E-state index in [-0.39, 0.29) is 0 Å². The smallest absolute Gasteiger partial charge is 0.146 e. The van der Waals surface area contributed by atoms with Crippen LogP contribution < -0.4 is 0 Å². The van der Waals surface area contributed by atoms with Crippen LogP contribution in [0.5, 0.6) is 0 Å². The third-order valence-electron chi connectivity index (χ3n) is 2.73. The van der Waals surface area contributed by atoms with E-state index in [1.807, 2.05) is 6.08 Å². The molecule has 3 nitrogen and oxygen atoms in total. The van der Waals surface area contributed by atoms with Gasteiger partial charge in [-0.15, -0.1) is 0 Å². The van der Waals surface area contributed by atoms with Crippen molar-refractivity contribution < 1.29 is 9.53 Å². The number of carbonyl (C=O) groups excluding carboxylic acids is 1. The summed E-state index contributed by atoms with van der Waals surface area (Å²) in [5, 5.41) is 0. The van der Waals surface area contributed by atoms with Crippen LogP contribution in [-0.2, 0) is 9.53 Å². The van der Waals surface area contributed by atoms with E-state index >= 15 is 0 Å². The van der Waals surface area contributed by atoms with Crippen LogP contribution >= 0.6 is 0 Å². The van der Waals surface area contributed by atoms with Gasteiger partial charge < -0.3 is 9.64 Å². The van der Waals surface area contributed by atoms with Crippen LogP contribution in [0.25, 0.3) is 0 Å². The third kappa shape index (κ3) is 2.04. The first-order chi connectivity index (χ1) is 6.90. The second-order valence-electron chi connectivity index (χ2n) is 3.62. The summed E-state index contributed by atoms with van der Waals surface area (Å²) in [6, 6.07) is 0. The van der Waals surface area contributed by atoms with Gasteiger partial charge in [0.05, 0.1) is 13.2 Å². The number of hydrogen-bond donors (Lipinski definition) is 0. The van der Waals surface area contributed by atoms with Crippen LogP contribution in [0.2, 0.25) is 0 Å². The maximum Gasteiger partial charge on any atom is 0.146 e. The van der Waals surface area contributed by atoms with E-state index in [9.17, 15) is 4.79 Å². The topological polar surface area (TPSA) is 29.5 Å². The summed E-state index contributed by atoms with van der Waals surface area (Å²) in [4.78, 5) is 12.9. The lowest BCUT2D eigenvalue weighted by Gasteiger charge is -2.32. The Bertz CT molecular complexity index is 275. The molecule has 0 atom stereocenters. The molecular weight excluding hydrogens is 178 g/mol. The number of nitrogens with zero attached hydrogens (tertiary/aromatic N) is 1. The fourth-order valence-corrected chi connectivity index (χ4v) is 1.85. The molecule has 1 saturated heterocycles. The Morgan fingerprint density at radius 3 is 2.57 bits per heavy atom. The monoisotopic (exact) mass is 193 g/mol. The van der Waals surface area contributed by atoms with Crippen molar-refractivity contribution in [3.8, 4) is 0 Å². The van der Waals surface area contributed by atoms with Crippen molar-refractivity contribution in [3.63, 3.8) is 0 Å². The van der Waals surface area contributed by atoms with E-state index < -0.39 is 0 Å². The second kappa shape index (κ2) is 4.42. The molecule has 0 bridgehead atoms. The Balaban J connectivity index is 2.01. The maximum absolute atomic E-state index is 10.5. The lowest BCUT2D eigenvalue weighted by atomic mass is 10.0. The number of rotatable bonds is 2. The second-order valence-corrected chi connectivity index (χ2v) is 3.62. The highest BCUT2D eigenvalue weighted by Gasteiger charge is 2.15. The Morgan fingerprint density at radius 1 is 1.21 bits per heavy atom. The molecule has 0 aromatic rings. The molecule has 0 aromatic carbocycles. The average Bonchev–Trinajstić information content (AvgIpc) is 2.30. The molecule has 0 amide bonds. The molecular formula is C11H15NO2. The molecule has 1 aliphatic carbocycles. The Kier molecular flexibility index (Phi) is 2.99. The Labute approximate surface area is 84.0 Å². The minimum absolute atomic E-state index is 0.821. The van der Waals surface area contributed by atoms with Gasteiger partial charge in [0.15, 0.2) is 0 Å². The van der Waals surface area contributed by atoms with Gasteiger partial charge in [0.2, 0.25) is 0 Å². The van der Waals surface area contributed by atoms with Gasteiger partial charge in [-0.3, -0.25) is 4.79 Å². The highest BCUT2D eigenvalue weighted by Crippen LogP contribution is 2.20. The number of morpholine rings is 1. The SMILES string of the molecule is O=CC1=CC=C(N2CCOCC2)CC1. The largest absolute Gasteiger partial charge is 0.378 e. The van der Waals surface area contributed by atoms with Crippen molar-refractivity contribution in [2.24, 2.45) is 0 Å². The summed E-state index contributed by atoms with van der Waals surface area (Å²) >= 11 is 0. The van der Waals surface area contributed by atoms with Crippen molar-refractivity contribution in [2.45, 2.75) is 12.8 Å². The molecule has 0 N–H and O–H groups in total. The summed E-state index contributed by atoms with van der Waals surface area (Å²) in [6.45, 7) is 3.61. The third-order valence-corrected chi connectivity index (χ3v) is 2.73. The molecule has 3 heteroatoms. The van der Waals surface area contributed by atoms with Crippen LogP contribution in [0.3, 0.4) is 0 Å². The van der Waals surface area contributed by atoms with Crippen molar-refractivity contribution in [1.82, 2.24) is 4.90 Å². The van der Waals surface area contributed by atoms with Crippen molar-refractivity contribution in [2.75, 3.05) is 26.3 Å². The first-order valence-electron chi connectivity index (χ1n) is 5.08. The first-order valence-corrected chi connectivity index (χ1v) is 5.08. The van der Waals surface area contributed by atoms with Crippen LogP contribution in [0, 0.1) is 0 Å². The molecule has 1 fully saturated rings. The van der Waals surface area contributed by atoms with Gasteiger partial charge >= 0.3 is 0 Å². The van der Waals surface area contributed by atoms with Gasteiger partial charge in [-0.2, -0.15) is 0 Å². The van der Waals surface area contributed by atoms with Gasteiger partial charge in [-0.25, -0.2) is 0 Å². The van der Waals surface area contributed by atoms with Gasteiger partial charge in [-0.05, 0) is 24.5 Å². The Hall–Kier alpha value is -1.09. The molecule has 76 valence electrons. The molecule has 2 rings (SSSR count). The first kappa shape index (κ1) is 9.46.